The standard InChI is InChI=1S/C33H43N12O8.Tc/c34-33(35)38-14-6-10-21-29(50)40-18-26(46)41-24(16-27(47)48)32(53)44-23(15-19-7-2-1-3-8-19)31(52)43-22(30(51)42-21)9-4-5-13-37-28(49)20-11-12-25(45-36)39-17-20;/h1-3,7-8,11-12,17,21-24H,4-6,9-10,13-16,18H2,(H,37,49)(H,40,50)(H,41,46)(H,42,51)(H,43,52)(H,44,53)(H,47,48)(H4,34,35,38);/q-1;+2/t21-,22?,23+,24-;/m0./s1. The van der Waals surface area contributed by atoms with Crippen LogP contribution < -0.4 is 46.8 Å². The van der Waals surface area contributed by atoms with Gasteiger partial charge >= 0.3 is 110 Å². The molecule has 21 heteroatoms. The van der Waals surface area contributed by atoms with Crippen molar-refractivity contribution < 1.29 is 57.4 Å². The molecule has 1 aromatic heterocycles. The van der Waals surface area contributed by atoms with Gasteiger partial charge in [0, 0.05) is 13.0 Å². The summed E-state index contributed by atoms with van der Waals surface area (Å²) in [4.78, 5) is 99.2. The van der Waals surface area contributed by atoms with Crippen LogP contribution in [0, 0.1) is 0 Å². The van der Waals surface area contributed by atoms with Crippen LogP contribution in [-0.4, -0.2) is 101 Å². The molecule has 1 unspecified atom stereocenters. The van der Waals surface area contributed by atoms with Gasteiger partial charge in [-0.3, -0.25) is 33.8 Å². The summed E-state index contributed by atoms with van der Waals surface area (Å²) in [7, 11) is 0. The Morgan fingerprint density at radius 2 is 1.50 bits per heavy atom. The van der Waals surface area contributed by atoms with E-state index in [2.05, 4.69) is 50.4 Å². The molecule has 2 aromatic rings. The maximum absolute atomic E-state index is 13.9. The molecular formula is C33H43N12O8Tc+. The van der Waals surface area contributed by atoms with E-state index in [1.54, 1.807) is 55.1 Å². The number of guanidine groups is 1. The van der Waals surface area contributed by atoms with E-state index in [0.29, 0.717) is 29.8 Å². The van der Waals surface area contributed by atoms with Crippen molar-refractivity contribution in [3.05, 3.63) is 59.8 Å². The van der Waals surface area contributed by atoms with Crippen LogP contribution in [0.25, 0.3) is 0 Å². The Labute approximate surface area is 320 Å². The first-order valence-electron chi connectivity index (χ1n) is 16.9. The van der Waals surface area contributed by atoms with E-state index in [9.17, 15) is 38.7 Å². The quantitative estimate of drug-likeness (QED) is 0.0302. The molecule has 3 rings (SSSR count). The summed E-state index contributed by atoms with van der Waals surface area (Å²) < 4.78 is 3.60. The van der Waals surface area contributed by atoms with Gasteiger partial charge in [-0.25, -0.2) is 0 Å². The third kappa shape index (κ3) is 15.0. The maximum atomic E-state index is 13.9. The number of carboxylic acids is 1. The molecule has 1 aliphatic heterocycles. The second-order valence-electron chi connectivity index (χ2n) is 12.1. The van der Waals surface area contributed by atoms with Gasteiger partial charge in [-0.05, 0) is 18.4 Å². The van der Waals surface area contributed by atoms with Crippen molar-refractivity contribution in [3.8, 4) is 0 Å². The molecule has 0 spiro atoms. The number of rotatable bonds is 15. The first-order valence-corrected chi connectivity index (χ1v) is 17.7. The normalized spacial score (nSPS) is 19.5. The summed E-state index contributed by atoms with van der Waals surface area (Å²) in [5, 5.41) is 28.6. The summed E-state index contributed by atoms with van der Waals surface area (Å²) >= 11 is 1.71. The zero-order chi connectivity index (χ0) is 39.5. The predicted octanol–water partition coefficient (Wildman–Crippen LogP) is -2.30. The third-order valence-corrected chi connectivity index (χ3v) is 8.12. The maximum Gasteiger partial charge on any atom is 0.305 e. The topological polar surface area (TPSA) is 316 Å². The number of carboxylic acid groups (broad SMARTS) is 1. The first-order chi connectivity index (χ1) is 25.9. The minimum atomic E-state index is -1.60. The Kier molecular flexibility index (Phi) is 17.5. The molecule has 20 nitrogen and oxygen atoms in total. The molecule has 0 radical (unpaired) electrons. The van der Waals surface area contributed by atoms with Gasteiger partial charge in [0.25, 0.3) is 0 Å². The van der Waals surface area contributed by atoms with Crippen LogP contribution in [0.3, 0.4) is 0 Å². The average molecular weight is 834 g/mol. The van der Waals surface area contributed by atoms with E-state index in [1.807, 2.05) is 0 Å². The molecule has 1 fully saturated rings. The zero-order valence-corrected chi connectivity index (χ0v) is 31.0. The van der Waals surface area contributed by atoms with E-state index in [4.69, 9.17) is 11.5 Å². The molecule has 54 heavy (non-hydrogen) atoms. The van der Waals surface area contributed by atoms with Crippen LogP contribution in [0.5, 0.6) is 0 Å². The number of amides is 6. The molecule has 2 heterocycles. The summed E-state index contributed by atoms with van der Waals surface area (Å²) in [6.07, 6.45) is 1.55. The minimum Gasteiger partial charge on any atom is -0.481 e. The van der Waals surface area contributed by atoms with Crippen LogP contribution in [0.2, 0.25) is 0 Å². The molecule has 0 bridgehead atoms. The van der Waals surface area contributed by atoms with Gasteiger partial charge in [-0.15, -0.1) is 0 Å². The van der Waals surface area contributed by atoms with Crippen molar-refractivity contribution >= 4 is 53.2 Å². The molecule has 6 amide bonds. The number of benzene rings is 1. The smallest absolute Gasteiger partial charge is 0.305 e. The van der Waals surface area contributed by atoms with Gasteiger partial charge < -0.3 is 43.2 Å². The van der Waals surface area contributed by atoms with Crippen LogP contribution in [0.15, 0.2) is 58.8 Å². The van der Waals surface area contributed by atoms with Crippen molar-refractivity contribution in [2.45, 2.75) is 69.1 Å². The molecule has 289 valence electrons. The summed E-state index contributed by atoms with van der Waals surface area (Å²) in [5.74, 6) is -5.72. The number of nitrogens with one attached hydrogen (secondary N) is 6. The van der Waals surface area contributed by atoms with E-state index in [0.717, 1.165) is 0 Å². The first kappa shape index (κ1) is 42.5. The van der Waals surface area contributed by atoms with Crippen LogP contribution in [0.1, 0.15) is 54.4 Å². The Bertz CT molecular complexity index is 1730. The van der Waals surface area contributed by atoms with Gasteiger partial charge in [0.05, 0.1) is 13.0 Å². The van der Waals surface area contributed by atoms with E-state index >= 15 is 0 Å². The Balaban J connectivity index is 1.85. The zero-order valence-electron chi connectivity index (χ0n) is 29.1. The van der Waals surface area contributed by atoms with Crippen molar-refractivity contribution in [3.63, 3.8) is 0 Å². The Hall–Kier alpha value is -5.91. The minimum absolute atomic E-state index is 0.0394. The predicted molar refractivity (Wildman–Crippen MR) is 188 cm³/mol. The van der Waals surface area contributed by atoms with Gasteiger partial charge in [-0.2, -0.15) is 0 Å². The third-order valence-electron chi connectivity index (χ3n) is 7.94. The largest absolute Gasteiger partial charge is 0.481 e. The fourth-order valence-corrected chi connectivity index (χ4v) is 5.42. The molecule has 0 saturated carbocycles. The van der Waals surface area contributed by atoms with Gasteiger partial charge in [0.1, 0.15) is 24.2 Å². The number of aromatic nitrogens is 1. The number of pyridine rings is 1. The van der Waals surface area contributed by atoms with Crippen molar-refractivity contribution in [1.29, 1.82) is 0 Å². The molecule has 0 aliphatic carbocycles. The van der Waals surface area contributed by atoms with E-state index < -0.39 is 72.6 Å². The number of carbonyl (C=O) groups excluding carboxylic acids is 6. The van der Waals surface area contributed by atoms with Crippen molar-refractivity contribution in [1.82, 2.24) is 40.3 Å². The SMILES string of the molecule is NC(N)=NCCC[C@@H]1NC(=O)C(CCCCNC(=O)c2ccc(N=[N+]=[Tc])nc2)NC(=O)[C@@H](Cc2ccccc2)NC(=O)[C@H](CC(=O)O)NC(=O)CNC1=O. The summed E-state index contributed by atoms with van der Waals surface area (Å²) in [5.41, 5.74) is 11.7. The van der Waals surface area contributed by atoms with Gasteiger partial charge in [0.2, 0.25) is 29.5 Å². The number of unbranched alkanes of at least 4 members (excludes halogenated alkanes) is 1. The van der Waals surface area contributed by atoms with Crippen LogP contribution >= 0.6 is 0 Å². The summed E-state index contributed by atoms with van der Waals surface area (Å²) in [6, 6.07) is 6.41. The van der Waals surface area contributed by atoms with Gasteiger partial charge in [-0.1, -0.05) is 30.3 Å². The molecule has 4 atom stereocenters. The second-order valence-corrected chi connectivity index (χ2v) is 12.5. The molecule has 1 aliphatic rings. The van der Waals surface area contributed by atoms with Crippen LogP contribution in [0.4, 0.5) is 5.82 Å². The number of carbonyl (C=O) groups is 7. The number of hydrogen-bond acceptors (Lipinski definition) is 10. The number of aliphatic imine (C=N–C) groups is 1. The fraction of sp³-hybridized carbons (Fsp3) is 0.424. The number of nitrogens with zero attached hydrogens (tertiary/aromatic N) is 4. The monoisotopic (exact) mass is 832 g/mol. The van der Waals surface area contributed by atoms with E-state index in [-0.39, 0.29) is 50.6 Å². The Morgan fingerprint density at radius 1 is 0.852 bits per heavy atom. The van der Waals surface area contributed by atoms with E-state index in [1.165, 1.54) is 12.3 Å². The average Bonchev–Trinajstić information content (AvgIpc) is 3.13. The number of hydrogen-bond donors (Lipinski definition) is 9. The summed E-state index contributed by atoms with van der Waals surface area (Å²) in [6.45, 7) is -0.305. The molecular weight excluding hydrogens is 790 g/mol. The second kappa shape index (κ2) is 22.2. The fourth-order valence-electron chi connectivity index (χ4n) is 5.23. The number of nitrogens with two attached hydrogens (primary N) is 2. The molecule has 1 saturated heterocycles. The molecule has 11 N–H and O–H groups in total. The van der Waals surface area contributed by atoms with Crippen LogP contribution in [-0.2, 0) is 53.9 Å². The number of aliphatic carboxylic acids is 1. The van der Waals surface area contributed by atoms with Crippen molar-refractivity contribution in [2.75, 3.05) is 19.6 Å². The van der Waals surface area contributed by atoms with Crippen molar-refractivity contribution in [2.24, 2.45) is 21.6 Å². The van der Waals surface area contributed by atoms with Gasteiger partial charge in [0.15, 0.2) is 5.96 Å². The molecule has 1 aromatic carbocycles. The Morgan fingerprint density at radius 3 is 2.15 bits per heavy atom.